The van der Waals surface area contributed by atoms with Crippen LogP contribution < -0.4 is 0 Å². The number of aryl methyl sites for hydroxylation is 2. The largest absolute Gasteiger partial charge is 0.304 e. The smallest absolute Gasteiger partial charge is 0.220 e. The van der Waals surface area contributed by atoms with Gasteiger partial charge in [-0.05, 0) is 56.9 Å². The standard InChI is InChI=1S/C22H27ClN8S2/c1-16-12-17(2)26-21(25-16)33-14-20-27-30(15-29-10-8-28(3)9-11-29)22(32)31(20)24-13-18-4-6-19(23)7-5-18/h4-7,12-13H,8-11,14-15H2,1-3H3/b24-13+. The zero-order valence-corrected chi connectivity index (χ0v) is 21.4. The number of halogens is 1. The van der Waals surface area contributed by atoms with E-state index in [1.807, 2.05) is 48.9 Å². The van der Waals surface area contributed by atoms with E-state index in [2.05, 4.69) is 31.9 Å². The van der Waals surface area contributed by atoms with E-state index in [0.717, 1.165) is 54.1 Å². The van der Waals surface area contributed by atoms with Crippen LogP contribution in [0.3, 0.4) is 0 Å². The third-order valence-corrected chi connectivity index (χ3v) is 6.78. The molecule has 0 atom stereocenters. The van der Waals surface area contributed by atoms with E-state index >= 15 is 0 Å². The second-order valence-corrected chi connectivity index (χ2v) is 9.84. The Morgan fingerprint density at radius 3 is 2.42 bits per heavy atom. The van der Waals surface area contributed by atoms with Gasteiger partial charge in [0.15, 0.2) is 11.0 Å². The summed E-state index contributed by atoms with van der Waals surface area (Å²) >= 11 is 13.3. The Balaban J connectivity index is 1.59. The Kier molecular flexibility index (Phi) is 7.92. The van der Waals surface area contributed by atoms with Crippen molar-refractivity contribution in [2.75, 3.05) is 33.2 Å². The maximum Gasteiger partial charge on any atom is 0.220 e. The maximum atomic E-state index is 6.00. The molecule has 8 nitrogen and oxygen atoms in total. The molecule has 0 aliphatic carbocycles. The quantitative estimate of drug-likeness (QED) is 0.210. The van der Waals surface area contributed by atoms with Crippen LogP contribution in [0.15, 0.2) is 40.6 Å². The molecule has 1 aliphatic heterocycles. The van der Waals surface area contributed by atoms with Crippen molar-refractivity contribution < 1.29 is 0 Å². The van der Waals surface area contributed by atoms with Crippen molar-refractivity contribution in [1.29, 1.82) is 0 Å². The zero-order chi connectivity index (χ0) is 23.4. The van der Waals surface area contributed by atoms with Gasteiger partial charge in [-0.3, -0.25) is 4.90 Å². The van der Waals surface area contributed by atoms with E-state index in [-0.39, 0.29) is 0 Å². The van der Waals surface area contributed by atoms with Gasteiger partial charge in [0.25, 0.3) is 0 Å². The topological polar surface area (TPSA) is 67.4 Å². The Hall–Kier alpha value is -2.11. The van der Waals surface area contributed by atoms with E-state index < -0.39 is 0 Å². The van der Waals surface area contributed by atoms with Crippen LogP contribution in [0.4, 0.5) is 0 Å². The van der Waals surface area contributed by atoms with E-state index in [1.54, 1.807) is 10.9 Å². The van der Waals surface area contributed by atoms with Crippen molar-refractivity contribution >= 4 is 41.8 Å². The molecule has 3 aromatic rings. The number of benzene rings is 1. The van der Waals surface area contributed by atoms with Crippen molar-refractivity contribution in [3.05, 3.63) is 62.9 Å². The van der Waals surface area contributed by atoms with Gasteiger partial charge in [0.1, 0.15) is 0 Å². The lowest BCUT2D eigenvalue weighted by atomic mass is 10.2. The molecule has 1 aromatic carbocycles. The van der Waals surface area contributed by atoms with E-state index in [1.165, 1.54) is 11.8 Å². The minimum atomic E-state index is 0.556. The average molecular weight is 503 g/mol. The fourth-order valence-corrected chi connectivity index (χ4v) is 4.71. The number of likely N-dealkylation sites (N-methyl/N-ethyl adjacent to an activating group) is 1. The number of thioether (sulfide) groups is 1. The third-order valence-electron chi connectivity index (χ3n) is 5.30. The second-order valence-electron chi connectivity index (χ2n) is 8.09. The number of piperazine rings is 1. The molecule has 11 heteroatoms. The molecule has 0 unspecified atom stereocenters. The SMILES string of the molecule is Cc1cc(C)nc(SCc2nn(CN3CCN(C)CC3)c(=S)n2/N=C/c2ccc(Cl)cc2)n1. The molecule has 0 spiro atoms. The van der Waals surface area contributed by atoms with Gasteiger partial charge in [0.05, 0.1) is 18.6 Å². The molecule has 1 aliphatic rings. The first-order chi connectivity index (χ1) is 15.9. The van der Waals surface area contributed by atoms with Crippen LogP contribution in [-0.4, -0.2) is 73.7 Å². The van der Waals surface area contributed by atoms with Crippen LogP contribution in [0.1, 0.15) is 22.8 Å². The van der Waals surface area contributed by atoms with Gasteiger partial charge >= 0.3 is 0 Å². The van der Waals surface area contributed by atoms with Crippen molar-refractivity contribution in [3.63, 3.8) is 0 Å². The van der Waals surface area contributed by atoms with Crippen LogP contribution in [0.25, 0.3) is 0 Å². The minimum absolute atomic E-state index is 0.556. The summed E-state index contributed by atoms with van der Waals surface area (Å²) in [7, 11) is 2.15. The summed E-state index contributed by atoms with van der Waals surface area (Å²) in [4.78, 5) is 13.7. The number of nitrogens with zero attached hydrogens (tertiary/aromatic N) is 8. The van der Waals surface area contributed by atoms with Crippen molar-refractivity contribution in [2.45, 2.75) is 31.4 Å². The first kappa shape index (κ1) is 24.0. The van der Waals surface area contributed by atoms with Gasteiger partial charge in [-0.15, -0.1) is 0 Å². The molecule has 174 valence electrons. The summed E-state index contributed by atoms with van der Waals surface area (Å²) in [6.45, 7) is 8.64. The monoisotopic (exact) mass is 502 g/mol. The van der Waals surface area contributed by atoms with Gasteiger partial charge in [0.2, 0.25) is 4.77 Å². The van der Waals surface area contributed by atoms with Crippen LogP contribution in [0.2, 0.25) is 5.02 Å². The Labute approximate surface area is 208 Å². The Morgan fingerprint density at radius 2 is 1.76 bits per heavy atom. The van der Waals surface area contributed by atoms with E-state index in [0.29, 0.717) is 22.2 Å². The molecule has 3 heterocycles. The molecule has 0 amide bonds. The average Bonchev–Trinajstić information content (AvgIpc) is 3.07. The predicted molar refractivity (Wildman–Crippen MR) is 136 cm³/mol. The van der Waals surface area contributed by atoms with Crippen LogP contribution in [0, 0.1) is 18.6 Å². The highest BCUT2D eigenvalue weighted by Gasteiger charge is 2.17. The summed E-state index contributed by atoms with van der Waals surface area (Å²) in [5.74, 6) is 1.31. The van der Waals surface area contributed by atoms with Crippen molar-refractivity contribution in [3.8, 4) is 0 Å². The molecule has 0 bridgehead atoms. The van der Waals surface area contributed by atoms with Crippen LogP contribution >= 0.6 is 35.6 Å². The van der Waals surface area contributed by atoms with Gasteiger partial charge in [-0.1, -0.05) is 35.5 Å². The number of hydrogen-bond donors (Lipinski definition) is 0. The fourth-order valence-electron chi connectivity index (χ4n) is 3.48. The Bertz CT molecular complexity index is 1160. The summed E-state index contributed by atoms with van der Waals surface area (Å²) in [6.07, 6.45) is 1.77. The molecular formula is C22H27ClN8S2. The molecule has 0 N–H and O–H groups in total. The lowest BCUT2D eigenvalue weighted by molar-refractivity contribution is 0.118. The van der Waals surface area contributed by atoms with E-state index in [4.69, 9.17) is 28.9 Å². The first-order valence-electron chi connectivity index (χ1n) is 10.7. The van der Waals surface area contributed by atoms with Crippen LogP contribution in [-0.2, 0) is 12.4 Å². The number of rotatable bonds is 7. The molecule has 2 aromatic heterocycles. The van der Waals surface area contributed by atoms with Gasteiger partial charge in [0, 0.05) is 42.6 Å². The van der Waals surface area contributed by atoms with E-state index in [9.17, 15) is 0 Å². The Morgan fingerprint density at radius 1 is 1.09 bits per heavy atom. The summed E-state index contributed by atoms with van der Waals surface area (Å²) in [5, 5.41) is 10.9. The van der Waals surface area contributed by atoms with Crippen LogP contribution in [0.5, 0.6) is 0 Å². The normalized spacial score (nSPS) is 15.5. The van der Waals surface area contributed by atoms with Crippen molar-refractivity contribution in [1.82, 2.24) is 34.2 Å². The number of aromatic nitrogens is 5. The lowest BCUT2D eigenvalue weighted by Crippen LogP contribution is -2.45. The van der Waals surface area contributed by atoms with Gasteiger partial charge in [-0.25, -0.2) is 14.6 Å². The second kappa shape index (κ2) is 10.9. The number of hydrogen-bond acceptors (Lipinski definition) is 8. The molecular weight excluding hydrogens is 476 g/mol. The molecule has 0 radical (unpaired) electrons. The third kappa shape index (κ3) is 6.48. The molecule has 0 saturated carbocycles. The molecule has 1 fully saturated rings. The highest BCUT2D eigenvalue weighted by Crippen LogP contribution is 2.20. The molecule has 33 heavy (non-hydrogen) atoms. The predicted octanol–water partition coefficient (Wildman–Crippen LogP) is 3.85. The highest BCUT2D eigenvalue weighted by atomic mass is 35.5. The molecule has 1 saturated heterocycles. The summed E-state index contributed by atoms with van der Waals surface area (Å²) < 4.78 is 4.16. The fraction of sp³-hybridized carbons (Fsp3) is 0.409. The highest BCUT2D eigenvalue weighted by molar-refractivity contribution is 7.98. The first-order valence-corrected chi connectivity index (χ1v) is 12.5. The van der Waals surface area contributed by atoms with Crippen molar-refractivity contribution in [2.24, 2.45) is 5.10 Å². The maximum absolute atomic E-state index is 6.00. The van der Waals surface area contributed by atoms with Gasteiger partial charge in [-0.2, -0.15) is 14.9 Å². The van der Waals surface area contributed by atoms with Gasteiger partial charge < -0.3 is 4.90 Å². The zero-order valence-electron chi connectivity index (χ0n) is 19.0. The summed E-state index contributed by atoms with van der Waals surface area (Å²) in [5.41, 5.74) is 2.83. The lowest BCUT2D eigenvalue weighted by Gasteiger charge is -2.31. The minimum Gasteiger partial charge on any atom is -0.304 e. The molecule has 4 rings (SSSR count). The summed E-state index contributed by atoms with van der Waals surface area (Å²) in [6, 6.07) is 9.48.